The van der Waals surface area contributed by atoms with Gasteiger partial charge in [0, 0.05) is 32.2 Å². The van der Waals surface area contributed by atoms with Crippen LogP contribution in [0.15, 0.2) is 53.5 Å². The fraction of sp³-hybridized carbons (Fsp3) is 0.417. The number of aliphatic imine (C=N–C) groups is 1. The number of ether oxygens (including phenoxy) is 1. The Hall–Kier alpha value is -3.02. The highest BCUT2D eigenvalue weighted by Gasteiger charge is 2.17. The predicted molar refractivity (Wildman–Crippen MR) is 121 cm³/mol. The summed E-state index contributed by atoms with van der Waals surface area (Å²) >= 11 is 0. The van der Waals surface area contributed by atoms with Crippen molar-refractivity contribution >= 4 is 11.9 Å². The van der Waals surface area contributed by atoms with Crippen LogP contribution in [0.4, 0.5) is 0 Å². The van der Waals surface area contributed by atoms with Crippen LogP contribution >= 0.6 is 0 Å². The minimum atomic E-state index is 0.139. The van der Waals surface area contributed by atoms with Gasteiger partial charge in [0.25, 0.3) is 5.91 Å². The van der Waals surface area contributed by atoms with Crippen molar-refractivity contribution in [3.05, 3.63) is 65.2 Å². The molecule has 6 nitrogen and oxygen atoms in total. The molecule has 0 spiro atoms. The Morgan fingerprint density at radius 1 is 1.00 bits per heavy atom. The summed E-state index contributed by atoms with van der Waals surface area (Å²) in [6.45, 7) is 5.64. The van der Waals surface area contributed by atoms with Gasteiger partial charge in [-0.1, -0.05) is 29.8 Å². The van der Waals surface area contributed by atoms with Gasteiger partial charge in [-0.2, -0.15) is 0 Å². The third-order valence-corrected chi connectivity index (χ3v) is 5.21. The molecule has 2 aromatic carbocycles. The van der Waals surface area contributed by atoms with Gasteiger partial charge in [0.2, 0.25) is 0 Å². The fourth-order valence-corrected chi connectivity index (χ4v) is 3.42. The van der Waals surface area contributed by atoms with Crippen LogP contribution in [0.2, 0.25) is 0 Å². The number of hydrogen-bond donors (Lipinski definition) is 2. The molecule has 0 atom stereocenters. The number of hydrogen-bond acceptors (Lipinski definition) is 3. The molecule has 1 fully saturated rings. The summed E-state index contributed by atoms with van der Waals surface area (Å²) in [6.07, 6.45) is 3.44. The predicted octanol–water partition coefficient (Wildman–Crippen LogP) is 3.37. The number of aryl methyl sites for hydroxylation is 1. The highest BCUT2D eigenvalue weighted by molar-refractivity contribution is 5.94. The molecule has 1 heterocycles. The highest BCUT2D eigenvalue weighted by Crippen LogP contribution is 2.14. The molecular formula is C24H32N4O2. The lowest BCUT2D eigenvalue weighted by molar-refractivity contribution is 0.0724. The fourth-order valence-electron chi connectivity index (χ4n) is 3.42. The van der Waals surface area contributed by atoms with E-state index in [9.17, 15) is 4.79 Å². The number of guanidine groups is 1. The number of nitrogens with one attached hydrogen (secondary N) is 2. The normalized spacial score (nSPS) is 14.3. The average molecular weight is 409 g/mol. The largest absolute Gasteiger partial charge is 0.492 e. The van der Waals surface area contributed by atoms with E-state index < -0.39 is 0 Å². The summed E-state index contributed by atoms with van der Waals surface area (Å²) in [5.41, 5.74) is 3.08. The molecule has 3 rings (SSSR count). The lowest BCUT2D eigenvalue weighted by Gasteiger charge is -2.26. The first kappa shape index (κ1) is 21.7. The van der Waals surface area contributed by atoms with E-state index in [1.165, 1.54) is 12.0 Å². The number of likely N-dealkylation sites (tertiary alicyclic amines) is 1. The quantitative estimate of drug-likeness (QED) is 0.419. The van der Waals surface area contributed by atoms with E-state index in [0.29, 0.717) is 19.7 Å². The van der Waals surface area contributed by atoms with Crippen molar-refractivity contribution in [1.82, 2.24) is 15.5 Å². The summed E-state index contributed by atoms with van der Waals surface area (Å²) in [5.74, 6) is 1.72. The minimum Gasteiger partial charge on any atom is -0.492 e. The van der Waals surface area contributed by atoms with Crippen LogP contribution in [0.25, 0.3) is 0 Å². The SMILES string of the molecule is CN=C(NCCOc1ccc(C)cc1)NCc1ccc(C(=O)N2CCCCC2)cc1. The Morgan fingerprint density at radius 3 is 2.37 bits per heavy atom. The lowest BCUT2D eigenvalue weighted by atomic mass is 10.1. The van der Waals surface area contributed by atoms with E-state index >= 15 is 0 Å². The van der Waals surface area contributed by atoms with E-state index in [1.807, 2.05) is 53.4 Å². The molecule has 0 saturated carbocycles. The maximum atomic E-state index is 12.6. The summed E-state index contributed by atoms with van der Waals surface area (Å²) in [7, 11) is 1.75. The van der Waals surface area contributed by atoms with Crippen LogP contribution in [0.3, 0.4) is 0 Å². The molecule has 0 radical (unpaired) electrons. The zero-order valence-electron chi connectivity index (χ0n) is 18.0. The smallest absolute Gasteiger partial charge is 0.253 e. The lowest BCUT2D eigenvalue weighted by Crippen LogP contribution is -2.38. The second-order valence-corrected chi connectivity index (χ2v) is 7.56. The third kappa shape index (κ3) is 6.51. The maximum Gasteiger partial charge on any atom is 0.253 e. The first-order valence-corrected chi connectivity index (χ1v) is 10.7. The number of nitrogens with zero attached hydrogens (tertiary/aromatic N) is 2. The van der Waals surface area contributed by atoms with Crippen molar-refractivity contribution in [2.24, 2.45) is 4.99 Å². The molecule has 2 aromatic rings. The molecule has 0 bridgehead atoms. The zero-order chi connectivity index (χ0) is 21.2. The van der Waals surface area contributed by atoms with Crippen molar-refractivity contribution < 1.29 is 9.53 Å². The molecule has 2 N–H and O–H groups in total. The van der Waals surface area contributed by atoms with E-state index in [4.69, 9.17) is 4.74 Å². The first-order chi connectivity index (χ1) is 14.7. The van der Waals surface area contributed by atoms with Gasteiger partial charge in [0.05, 0.1) is 6.54 Å². The van der Waals surface area contributed by atoms with Crippen molar-refractivity contribution in [2.75, 3.05) is 33.3 Å². The highest BCUT2D eigenvalue weighted by atomic mass is 16.5. The standard InChI is InChI=1S/C24H32N4O2/c1-19-6-12-22(13-7-19)30-17-14-26-24(25-2)27-18-20-8-10-21(11-9-20)23(29)28-15-4-3-5-16-28/h6-13H,3-5,14-18H2,1-2H3,(H2,25,26,27). The molecule has 1 saturated heterocycles. The van der Waals surface area contributed by atoms with E-state index in [2.05, 4.69) is 22.5 Å². The maximum absolute atomic E-state index is 12.6. The van der Waals surface area contributed by atoms with Crippen LogP contribution in [0.5, 0.6) is 5.75 Å². The van der Waals surface area contributed by atoms with Gasteiger partial charge in [-0.15, -0.1) is 0 Å². The number of rotatable bonds is 7. The Kier molecular flexibility index (Phi) is 8.12. The van der Waals surface area contributed by atoms with Gasteiger partial charge in [-0.3, -0.25) is 9.79 Å². The topological polar surface area (TPSA) is 66.0 Å². The number of amides is 1. The monoisotopic (exact) mass is 408 g/mol. The molecule has 1 aliphatic rings. The van der Waals surface area contributed by atoms with E-state index in [0.717, 1.165) is 48.8 Å². The van der Waals surface area contributed by atoms with E-state index in [-0.39, 0.29) is 5.91 Å². The number of carbonyl (C=O) groups excluding carboxylic acids is 1. The number of benzene rings is 2. The van der Waals surface area contributed by atoms with Gasteiger partial charge in [-0.25, -0.2) is 0 Å². The van der Waals surface area contributed by atoms with Crippen molar-refractivity contribution in [1.29, 1.82) is 0 Å². The minimum absolute atomic E-state index is 0.139. The Bertz CT molecular complexity index is 825. The molecular weight excluding hydrogens is 376 g/mol. The Balaban J connectivity index is 1.39. The van der Waals surface area contributed by atoms with Crippen LogP contribution in [-0.2, 0) is 6.54 Å². The van der Waals surface area contributed by atoms with Gasteiger partial charge >= 0.3 is 0 Å². The number of piperidine rings is 1. The Labute approximate surface area is 179 Å². The third-order valence-electron chi connectivity index (χ3n) is 5.21. The van der Waals surface area contributed by atoms with E-state index in [1.54, 1.807) is 7.05 Å². The molecule has 6 heteroatoms. The van der Waals surface area contributed by atoms with Crippen LogP contribution in [-0.4, -0.2) is 50.1 Å². The summed E-state index contributed by atoms with van der Waals surface area (Å²) in [6, 6.07) is 15.8. The average Bonchev–Trinajstić information content (AvgIpc) is 2.80. The number of carbonyl (C=O) groups is 1. The first-order valence-electron chi connectivity index (χ1n) is 10.7. The molecule has 30 heavy (non-hydrogen) atoms. The Morgan fingerprint density at radius 2 is 1.70 bits per heavy atom. The van der Waals surface area contributed by atoms with Gasteiger partial charge in [0.1, 0.15) is 12.4 Å². The second-order valence-electron chi connectivity index (χ2n) is 7.56. The van der Waals surface area contributed by atoms with Crippen molar-refractivity contribution in [3.8, 4) is 5.75 Å². The van der Waals surface area contributed by atoms with Crippen LogP contribution in [0, 0.1) is 6.92 Å². The molecule has 0 unspecified atom stereocenters. The molecule has 0 aromatic heterocycles. The van der Waals surface area contributed by atoms with Crippen LogP contribution in [0.1, 0.15) is 40.7 Å². The summed E-state index contributed by atoms with van der Waals surface area (Å²) in [4.78, 5) is 18.8. The van der Waals surface area contributed by atoms with Crippen molar-refractivity contribution in [3.63, 3.8) is 0 Å². The van der Waals surface area contributed by atoms with Gasteiger partial charge in [-0.05, 0) is 56.0 Å². The molecule has 0 aliphatic carbocycles. The molecule has 160 valence electrons. The van der Waals surface area contributed by atoms with Gasteiger partial charge in [0.15, 0.2) is 5.96 Å². The summed E-state index contributed by atoms with van der Waals surface area (Å²) < 4.78 is 5.72. The molecule has 1 aliphatic heterocycles. The molecule has 1 amide bonds. The van der Waals surface area contributed by atoms with Crippen LogP contribution < -0.4 is 15.4 Å². The second kappa shape index (κ2) is 11.2. The van der Waals surface area contributed by atoms with Crippen molar-refractivity contribution in [2.45, 2.75) is 32.7 Å². The van der Waals surface area contributed by atoms with Gasteiger partial charge < -0.3 is 20.3 Å². The summed E-state index contributed by atoms with van der Waals surface area (Å²) in [5, 5.41) is 6.54. The zero-order valence-corrected chi connectivity index (χ0v) is 18.0.